The Morgan fingerprint density at radius 2 is 1.30 bits per heavy atom. The van der Waals surface area contributed by atoms with Crippen molar-refractivity contribution in [3.63, 3.8) is 0 Å². The standard InChI is InChI=1S/C15H11F6NO/c16-14(17,18)13(23,15(19,20)21)10-6-7-12(22)11(8-10)9-4-2-1-3-5-9/h1-8,23H,22H2. The lowest BCUT2D eigenvalue weighted by atomic mass is 9.89. The molecule has 0 atom stereocenters. The summed E-state index contributed by atoms with van der Waals surface area (Å²) in [7, 11) is 0. The van der Waals surface area contributed by atoms with Gasteiger partial charge in [0.05, 0.1) is 0 Å². The average Bonchev–Trinajstić information content (AvgIpc) is 2.45. The lowest BCUT2D eigenvalue weighted by Crippen LogP contribution is -2.53. The Balaban J connectivity index is 2.69. The second-order valence-corrected chi connectivity index (χ2v) is 4.87. The third-order valence-electron chi connectivity index (χ3n) is 3.38. The van der Waals surface area contributed by atoms with Crippen molar-refractivity contribution in [3.05, 3.63) is 54.1 Å². The van der Waals surface area contributed by atoms with E-state index in [1.165, 1.54) is 12.1 Å². The van der Waals surface area contributed by atoms with Gasteiger partial charge in [0.1, 0.15) is 0 Å². The molecule has 0 bridgehead atoms. The quantitative estimate of drug-likeness (QED) is 0.637. The first-order chi connectivity index (χ1) is 10.5. The number of anilines is 1. The predicted molar refractivity (Wildman–Crippen MR) is 72.3 cm³/mol. The Bertz CT molecular complexity index is 679. The molecule has 2 aromatic rings. The third-order valence-corrected chi connectivity index (χ3v) is 3.38. The first-order valence-electron chi connectivity index (χ1n) is 6.29. The van der Waals surface area contributed by atoms with Crippen molar-refractivity contribution < 1.29 is 31.4 Å². The first-order valence-corrected chi connectivity index (χ1v) is 6.29. The van der Waals surface area contributed by atoms with Crippen molar-refractivity contribution >= 4 is 5.69 Å². The number of aliphatic hydroxyl groups is 1. The first kappa shape index (κ1) is 17.1. The Kier molecular flexibility index (Phi) is 4.06. The van der Waals surface area contributed by atoms with Crippen LogP contribution in [0.2, 0.25) is 0 Å². The van der Waals surface area contributed by atoms with Crippen molar-refractivity contribution in [3.8, 4) is 11.1 Å². The van der Waals surface area contributed by atoms with Crippen LogP contribution in [-0.4, -0.2) is 17.5 Å². The van der Waals surface area contributed by atoms with Gasteiger partial charge in [0, 0.05) is 16.8 Å². The van der Waals surface area contributed by atoms with Crippen LogP contribution in [0, 0.1) is 0 Å². The lowest BCUT2D eigenvalue weighted by molar-refractivity contribution is -0.376. The highest BCUT2D eigenvalue weighted by Gasteiger charge is 2.71. The summed E-state index contributed by atoms with van der Waals surface area (Å²) >= 11 is 0. The molecule has 8 heteroatoms. The summed E-state index contributed by atoms with van der Waals surface area (Å²) in [5.41, 5.74) is -0.386. The van der Waals surface area contributed by atoms with E-state index in [2.05, 4.69) is 0 Å². The maximum Gasteiger partial charge on any atom is 0.430 e. The highest BCUT2D eigenvalue weighted by atomic mass is 19.4. The van der Waals surface area contributed by atoms with Gasteiger partial charge in [0.25, 0.3) is 5.60 Å². The Morgan fingerprint density at radius 3 is 1.78 bits per heavy atom. The van der Waals surface area contributed by atoms with E-state index in [0.717, 1.165) is 6.07 Å². The van der Waals surface area contributed by atoms with E-state index in [1.807, 2.05) is 0 Å². The molecule has 23 heavy (non-hydrogen) atoms. The number of alkyl halides is 6. The summed E-state index contributed by atoms with van der Waals surface area (Å²) in [6.45, 7) is 0. The van der Waals surface area contributed by atoms with Crippen LogP contribution in [0.15, 0.2) is 48.5 Å². The van der Waals surface area contributed by atoms with Gasteiger partial charge in [-0.25, -0.2) is 0 Å². The topological polar surface area (TPSA) is 46.2 Å². The molecule has 124 valence electrons. The maximum atomic E-state index is 12.9. The van der Waals surface area contributed by atoms with Crippen LogP contribution in [0.4, 0.5) is 32.0 Å². The lowest BCUT2D eigenvalue weighted by Gasteiger charge is -2.33. The second kappa shape index (κ2) is 5.45. The number of rotatable bonds is 2. The highest BCUT2D eigenvalue weighted by Crippen LogP contribution is 2.50. The number of halogens is 6. The van der Waals surface area contributed by atoms with Gasteiger partial charge in [-0.2, -0.15) is 26.3 Å². The fourth-order valence-electron chi connectivity index (χ4n) is 2.14. The summed E-state index contributed by atoms with van der Waals surface area (Å²) in [5.74, 6) is 0. The predicted octanol–water partition coefficient (Wildman–Crippen LogP) is 4.25. The number of hydrogen-bond donors (Lipinski definition) is 2. The molecule has 0 aliphatic heterocycles. The molecule has 0 aliphatic carbocycles. The Labute approximate surface area is 127 Å². The molecule has 2 aromatic carbocycles. The van der Waals surface area contributed by atoms with E-state index in [4.69, 9.17) is 5.73 Å². The molecule has 0 radical (unpaired) electrons. The van der Waals surface area contributed by atoms with Crippen LogP contribution in [0.25, 0.3) is 11.1 Å². The van der Waals surface area contributed by atoms with Crippen molar-refractivity contribution in [2.75, 3.05) is 5.73 Å². The summed E-state index contributed by atoms with van der Waals surface area (Å²) < 4.78 is 77.5. The van der Waals surface area contributed by atoms with Crippen molar-refractivity contribution in [2.45, 2.75) is 18.0 Å². The van der Waals surface area contributed by atoms with Gasteiger partial charge in [-0.15, -0.1) is 0 Å². The van der Waals surface area contributed by atoms with Gasteiger partial charge < -0.3 is 10.8 Å². The smallest absolute Gasteiger partial charge is 0.398 e. The van der Waals surface area contributed by atoms with Crippen LogP contribution in [0.3, 0.4) is 0 Å². The summed E-state index contributed by atoms with van der Waals surface area (Å²) in [6, 6.07) is 9.73. The number of hydrogen-bond acceptors (Lipinski definition) is 2. The number of benzene rings is 2. The second-order valence-electron chi connectivity index (χ2n) is 4.87. The van der Waals surface area contributed by atoms with Gasteiger partial charge in [-0.3, -0.25) is 0 Å². The van der Waals surface area contributed by atoms with E-state index < -0.39 is 23.5 Å². The summed E-state index contributed by atoms with van der Waals surface area (Å²) in [5, 5.41) is 9.43. The van der Waals surface area contributed by atoms with Crippen LogP contribution < -0.4 is 5.73 Å². The third kappa shape index (κ3) is 2.86. The van der Waals surface area contributed by atoms with Crippen molar-refractivity contribution in [2.24, 2.45) is 0 Å². The normalized spacial score (nSPS) is 13.2. The fourth-order valence-corrected chi connectivity index (χ4v) is 2.14. The molecule has 0 spiro atoms. The molecular formula is C15H11F6NO. The molecule has 2 rings (SSSR count). The zero-order valence-electron chi connectivity index (χ0n) is 11.4. The SMILES string of the molecule is Nc1ccc(C(O)(C(F)(F)F)C(F)(F)F)cc1-c1ccccc1. The Morgan fingerprint density at radius 1 is 0.783 bits per heavy atom. The van der Waals surface area contributed by atoms with Crippen molar-refractivity contribution in [1.29, 1.82) is 0 Å². The van der Waals surface area contributed by atoms with E-state index in [9.17, 15) is 31.4 Å². The average molecular weight is 335 g/mol. The summed E-state index contributed by atoms with van der Waals surface area (Å²) in [6.07, 6.45) is -11.9. The monoisotopic (exact) mass is 335 g/mol. The molecule has 3 N–H and O–H groups in total. The van der Waals surface area contributed by atoms with Gasteiger partial charge >= 0.3 is 12.4 Å². The van der Waals surface area contributed by atoms with Crippen molar-refractivity contribution in [1.82, 2.24) is 0 Å². The van der Waals surface area contributed by atoms with E-state index in [0.29, 0.717) is 17.7 Å². The number of nitrogens with two attached hydrogens (primary N) is 1. The zero-order valence-corrected chi connectivity index (χ0v) is 11.4. The van der Waals surface area contributed by atoms with E-state index >= 15 is 0 Å². The maximum absolute atomic E-state index is 12.9. The molecule has 0 saturated carbocycles. The molecule has 0 unspecified atom stereocenters. The zero-order chi connectivity index (χ0) is 17.5. The van der Waals surface area contributed by atoms with Crippen LogP contribution >= 0.6 is 0 Å². The van der Waals surface area contributed by atoms with Crippen LogP contribution in [0.5, 0.6) is 0 Å². The molecule has 0 heterocycles. The highest BCUT2D eigenvalue weighted by molar-refractivity contribution is 5.77. The van der Waals surface area contributed by atoms with Crippen LogP contribution in [-0.2, 0) is 5.60 Å². The molecular weight excluding hydrogens is 324 g/mol. The minimum Gasteiger partial charge on any atom is -0.398 e. The van der Waals surface area contributed by atoms with Gasteiger partial charge in [0.2, 0.25) is 0 Å². The molecule has 0 saturated heterocycles. The van der Waals surface area contributed by atoms with Gasteiger partial charge in [-0.05, 0) is 17.7 Å². The molecule has 0 aromatic heterocycles. The number of nitrogen functional groups attached to an aromatic ring is 1. The van der Waals surface area contributed by atoms with Gasteiger partial charge in [0.15, 0.2) is 0 Å². The summed E-state index contributed by atoms with van der Waals surface area (Å²) in [4.78, 5) is 0. The minimum atomic E-state index is -5.94. The van der Waals surface area contributed by atoms with Crippen LogP contribution in [0.1, 0.15) is 5.56 Å². The minimum absolute atomic E-state index is 0.00773. The van der Waals surface area contributed by atoms with Gasteiger partial charge in [-0.1, -0.05) is 36.4 Å². The Hall–Kier alpha value is -2.22. The molecule has 0 fully saturated rings. The molecule has 2 nitrogen and oxygen atoms in total. The molecule has 0 aliphatic rings. The molecule has 0 amide bonds. The fraction of sp³-hybridized carbons (Fsp3) is 0.200. The van der Waals surface area contributed by atoms with E-state index in [-0.39, 0.29) is 11.3 Å². The largest absolute Gasteiger partial charge is 0.430 e. The van der Waals surface area contributed by atoms with E-state index in [1.54, 1.807) is 18.2 Å².